The lowest BCUT2D eigenvalue weighted by Crippen LogP contribution is -2.53. The van der Waals surface area contributed by atoms with Crippen molar-refractivity contribution in [3.8, 4) is 5.75 Å². The number of unbranched alkanes of at least 4 members (excludes halogenated alkanes) is 1. The quantitative estimate of drug-likeness (QED) is 0.207. The van der Waals surface area contributed by atoms with E-state index in [0.717, 1.165) is 63.1 Å². The highest BCUT2D eigenvalue weighted by molar-refractivity contribution is 5.90. The number of ether oxygens (including phenoxy) is 2. The molecular formula is C23H42N3O3+. The second kappa shape index (κ2) is 13.4. The lowest BCUT2D eigenvalue weighted by atomic mass is 10.2. The molecule has 0 radical (unpaired) electrons. The average molecular weight is 409 g/mol. The number of quaternary nitrogens is 1. The lowest BCUT2D eigenvalue weighted by Gasteiger charge is -2.38. The first-order valence-electron chi connectivity index (χ1n) is 11.2. The Balaban J connectivity index is 2.64. The Morgan fingerprint density at radius 2 is 1.72 bits per heavy atom. The van der Waals surface area contributed by atoms with E-state index in [1.807, 2.05) is 0 Å². The molecule has 0 aliphatic carbocycles. The molecule has 0 aliphatic heterocycles. The Bertz CT molecular complexity index is 599. The Hall–Kier alpha value is -1.79. The molecule has 6 nitrogen and oxygen atoms in total. The second-order valence-corrected chi connectivity index (χ2v) is 7.54. The van der Waals surface area contributed by atoms with Gasteiger partial charge in [-0.1, -0.05) is 27.2 Å². The Kier molecular flexibility index (Phi) is 11.7. The minimum absolute atomic E-state index is 0.320. The highest BCUT2D eigenvalue weighted by Gasteiger charge is 2.24. The summed E-state index contributed by atoms with van der Waals surface area (Å²) in [6.45, 7) is 19.1. The van der Waals surface area contributed by atoms with Crippen molar-refractivity contribution in [2.45, 2.75) is 47.5 Å². The SMILES string of the molecule is CCCCOc1cc(C(=O)OCC[N+](CC)(CC)CCN(CC)CC)ccc1N. The Morgan fingerprint density at radius 3 is 2.31 bits per heavy atom. The lowest BCUT2D eigenvalue weighted by molar-refractivity contribution is -0.924. The maximum Gasteiger partial charge on any atom is 0.338 e. The van der Waals surface area contributed by atoms with E-state index in [-0.39, 0.29) is 5.97 Å². The summed E-state index contributed by atoms with van der Waals surface area (Å²) in [5.41, 5.74) is 6.99. The molecule has 0 heterocycles. The number of hydrogen-bond donors (Lipinski definition) is 1. The standard InChI is InChI=1S/C23H41N3O3/c1-6-11-17-28-22-19-20(12-13-21(22)24)23(27)29-18-16-26(9-4,10-5)15-14-25(7-2)8-3/h12-13,19H,6-11,14-18H2,1-5H3,(H-,24,27)/p+1. The molecule has 0 unspecified atom stereocenters. The Morgan fingerprint density at radius 1 is 1.03 bits per heavy atom. The van der Waals surface area contributed by atoms with Crippen LogP contribution in [0.1, 0.15) is 57.8 Å². The number of anilines is 1. The van der Waals surface area contributed by atoms with Crippen molar-refractivity contribution in [2.24, 2.45) is 0 Å². The predicted molar refractivity (Wildman–Crippen MR) is 120 cm³/mol. The molecule has 0 amide bonds. The van der Waals surface area contributed by atoms with Crippen LogP contribution in [0.15, 0.2) is 18.2 Å². The third-order valence-corrected chi connectivity index (χ3v) is 5.93. The maximum absolute atomic E-state index is 12.5. The predicted octanol–water partition coefficient (Wildman–Crippen LogP) is 3.80. The van der Waals surface area contributed by atoms with Gasteiger partial charge in [0.25, 0.3) is 0 Å². The van der Waals surface area contributed by atoms with Gasteiger partial charge in [0.1, 0.15) is 18.9 Å². The summed E-state index contributed by atoms with van der Waals surface area (Å²) in [6.07, 6.45) is 2.00. The molecule has 0 aliphatic rings. The van der Waals surface area contributed by atoms with Crippen molar-refractivity contribution in [1.29, 1.82) is 0 Å². The molecule has 0 bridgehead atoms. The van der Waals surface area contributed by atoms with Gasteiger partial charge in [-0.25, -0.2) is 4.79 Å². The summed E-state index contributed by atoms with van der Waals surface area (Å²) < 4.78 is 12.3. The van der Waals surface area contributed by atoms with Gasteiger partial charge in [0.15, 0.2) is 0 Å². The number of nitrogen functional groups attached to an aromatic ring is 1. The summed E-state index contributed by atoms with van der Waals surface area (Å²) in [5, 5.41) is 0. The number of hydrogen-bond acceptors (Lipinski definition) is 5. The highest BCUT2D eigenvalue weighted by atomic mass is 16.5. The van der Waals surface area contributed by atoms with Crippen LogP contribution in [0.25, 0.3) is 0 Å². The number of esters is 1. The highest BCUT2D eigenvalue weighted by Crippen LogP contribution is 2.23. The molecule has 1 aromatic rings. The summed E-state index contributed by atoms with van der Waals surface area (Å²) >= 11 is 0. The topological polar surface area (TPSA) is 64.8 Å². The van der Waals surface area contributed by atoms with Crippen molar-refractivity contribution in [3.05, 3.63) is 23.8 Å². The fourth-order valence-corrected chi connectivity index (χ4v) is 3.39. The van der Waals surface area contributed by atoms with Crippen LogP contribution in [0.3, 0.4) is 0 Å². The first-order chi connectivity index (χ1) is 13.9. The molecule has 166 valence electrons. The number of carbonyl (C=O) groups excluding carboxylic acids is 1. The molecule has 0 fully saturated rings. The zero-order valence-corrected chi connectivity index (χ0v) is 19.2. The Labute approximate surface area is 177 Å². The van der Waals surface area contributed by atoms with Crippen molar-refractivity contribution < 1.29 is 18.8 Å². The van der Waals surface area contributed by atoms with Crippen LogP contribution in [0.2, 0.25) is 0 Å². The smallest absolute Gasteiger partial charge is 0.338 e. The molecule has 0 spiro atoms. The van der Waals surface area contributed by atoms with Crippen LogP contribution >= 0.6 is 0 Å². The zero-order valence-electron chi connectivity index (χ0n) is 19.2. The summed E-state index contributed by atoms with van der Waals surface area (Å²) in [6, 6.07) is 5.10. The van der Waals surface area contributed by atoms with Crippen LogP contribution in [0, 0.1) is 0 Å². The van der Waals surface area contributed by atoms with Gasteiger partial charge in [0.05, 0.1) is 37.5 Å². The van der Waals surface area contributed by atoms with Crippen molar-refractivity contribution in [3.63, 3.8) is 0 Å². The van der Waals surface area contributed by atoms with Gasteiger partial charge in [-0.2, -0.15) is 0 Å². The van der Waals surface area contributed by atoms with E-state index >= 15 is 0 Å². The van der Waals surface area contributed by atoms with Crippen LogP contribution in [-0.2, 0) is 4.74 Å². The summed E-state index contributed by atoms with van der Waals surface area (Å²) in [7, 11) is 0. The van der Waals surface area contributed by atoms with Gasteiger partial charge in [0, 0.05) is 6.54 Å². The van der Waals surface area contributed by atoms with Crippen LogP contribution in [-0.4, -0.2) is 74.4 Å². The third-order valence-electron chi connectivity index (χ3n) is 5.93. The molecule has 0 saturated heterocycles. The van der Waals surface area contributed by atoms with E-state index in [1.54, 1.807) is 18.2 Å². The number of nitrogens with zero attached hydrogens (tertiary/aromatic N) is 2. The number of likely N-dealkylation sites (N-methyl/N-ethyl adjacent to an activating group) is 2. The van der Waals surface area contributed by atoms with Gasteiger partial charge in [-0.05, 0) is 51.6 Å². The molecular weight excluding hydrogens is 366 g/mol. The first-order valence-corrected chi connectivity index (χ1v) is 11.2. The van der Waals surface area contributed by atoms with Gasteiger partial charge in [-0.3, -0.25) is 4.90 Å². The minimum atomic E-state index is -0.320. The summed E-state index contributed by atoms with van der Waals surface area (Å²) in [4.78, 5) is 15.0. The molecule has 0 aromatic heterocycles. The first kappa shape index (κ1) is 25.2. The average Bonchev–Trinajstić information content (AvgIpc) is 2.74. The number of carbonyl (C=O) groups is 1. The van der Waals surface area contributed by atoms with Crippen LogP contribution in [0.5, 0.6) is 5.75 Å². The monoisotopic (exact) mass is 408 g/mol. The normalized spacial score (nSPS) is 11.7. The summed E-state index contributed by atoms with van der Waals surface area (Å²) in [5.74, 6) is 0.235. The fraction of sp³-hybridized carbons (Fsp3) is 0.696. The minimum Gasteiger partial charge on any atom is -0.491 e. The molecule has 29 heavy (non-hydrogen) atoms. The maximum atomic E-state index is 12.5. The van der Waals surface area contributed by atoms with Gasteiger partial charge in [-0.15, -0.1) is 0 Å². The van der Waals surface area contributed by atoms with Gasteiger partial charge < -0.3 is 19.7 Å². The van der Waals surface area contributed by atoms with Crippen molar-refractivity contribution in [2.75, 3.05) is 64.8 Å². The molecule has 2 N–H and O–H groups in total. The van der Waals surface area contributed by atoms with E-state index in [2.05, 4.69) is 39.5 Å². The van der Waals surface area contributed by atoms with E-state index < -0.39 is 0 Å². The zero-order chi connectivity index (χ0) is 21.7. The molecule has 1 rings (SSSR count). The van der Waals surface area contributed by atoms with Crippen LogP contribution < -0.4 is 10.5 Å². The molecule has 0 saturated carbocycles. The van der Waals surface area contributed by atoms with Gasteiger partial charge in [0.2, 0.25) is 0 Å². The molecule has 6 heteroatoms. The van der Waals surface area contributed by atoms with Crippen LogP contribution in [0.4, 0.5) is 5.69 Å². The largest absolute Gasteiger partial charge is 0.491 e. The third kappa shape index (κ3) is 8.23. The van der Waals surface area contributed by atoms with Crippen molar-refractivity contribution >= 4 is 11.7 Å². The van der Waals surface area contributed by atoms with E-state index in [1.165, 1.54) is 0 Å². The van der Waals surface area contributed by atoms with E-state index in [4.69, 9.17) is 15.2 Å². The second-order valence-electron chi connectivity index (χ2n) is 7.54. The van der Waals surface area contributed by atoms with Crippen molar-refractivity contribution in [1.82, 2.24) is 4.90 Å². The molecule has 1 aromatic carbocycles. The van der Waals surface area contributed by atoms with E-state index in [0.29, 0.717) is 30.2 Å². The molecule has 0 atom stereocenters. The number of rotatable bonds is 15. The van der Waals surface area contributed by atoms with E-state index in [9.17, 15) is 4.79 Å². The number of nitrogens with two attached hydrogens (primary N) is 1. The number of benzene rings is 1. The fourth-order valence-electron chi connectivity index (χ4n) is 3.39. The van der Waals surface area contributed by atoms with Gasteiger partial charge >= 0.3 is 5.97 Å².